The number of hydrogen-bond donors (Lipinski definition) is 5. The Morgan fingerprint density at radius 3 is 1.96 bits per heavy atom. The van der Waals surface area contributed by atoms with Crippen molar-refractivity contribution in [2.75, 3.05) is 20.8 Å². The van der Waals surface area contributed by atoms with Gasteiger partial charge in [-0.25, -0.2) is 19.6 Å². The minimum atomic E-state index is -0.717. The number of aromatic nitrogens is 4. The smallest absolute Gasteiger partial charge is 0.407 e. The lowest BCUT2D eigenvalue weighted by molar-refractivity contribution is -0.135. The molecule has 14 nitrogen and oxygen atoms in total. The summed E-state index contributed by atoms with van der Waals surface area (Å²) in [5.74, 6) is 0.845. The maximum atomic E-state index is 13.6. The Bertz CT molecular complexity index is 1790. The molecule has 1 aliphatic heterocycles. The first kappa shape index (κ1) is 38.8. The van der Waals surface area contributed by atoms with Crippen LogP contribution in [-0.2, 0) is 29.9 Å². The van der Waals surface area contributed by atoms with E-state index in [1.54, 1.807) is 0 Å². The number of alkyl carbamates (subject to hydrolysis) is 2. The maximum Gasteiger partial charge on any atom is 0.407 e. The zero-order valence-corrected chi connectivity index (χ0v) is 32.6. The first-order chi connectivity index (χ1) is 25.8. The van der Waals surface area contributed by atoms with Gasteiger partial charge in [-0.15, -0.1) is 0 Å². The molecule has 3 aromatic rings. The molecule has 4 aliphatic rings. The molecule has 2 bridgehead atoms. The summed E-state index contributed by atoms with van der Waals surface area (Å²) in [6, 6.07) is 6.95. The number of ether oxygens (including phenoxy) is 2. The molecule has 14 heteroatoms. The lowest BCUT2D eigenvalue weighted by Gasteiger charge is -2.53. The minimum absolute atomic E-state index is 0.0377. The summed E-state index contributed by atoms with van der Waals surface area (Å²) < 4.78 is 9.47. The van der Waals surface area contributed by atoms with Gasteiger partial charge < -0.3 is 40.3 Å². The number of carbonyl (C=O) groups excluding carboxylic acids is 4. The summed E-state index contributed by atoms with van der Waals surface area (Å²) >= 11 is 0. The molecule has 1 saturated heterocycles. The summed E-state index contributed by atoms with van der Waals surface area (Å²) in [4.78, 5) is 68.6. The predicted octanol–water partition coefficient (Wildman–Crippen LogP) is 5.95. The van der Waals surface area contributed by atoms with E-state index >= 15 is 0 Å². The molecule has 0 radical (unpaired) electrons. The fraction of sp³-hybridized carbons (Fsp3) is 0.600. The number of nitrogens with one attached hydrogen (secondary N) is 5. The van der Waals surface area contributed by atoms with Crippen molar-refractivity contribution in [2.24, 2.45) is 11.8 Å². The van der Waals surface area contributed by atoms with Crippen LogP contribution in [0.3, 0.4) is 0 Å². The van der Waals surface area contributed by atoms with Crippen molar-refractivity contribution in [2.45, 2.75) is 121 Å². The number of nitrogens with zero attached hydrogens (tertiary/aromatic N) is 3. The number of carbonyl (C=O) groups is 4. The highest BCUT2D eigenvalue weighted by Gasteiger charge is 2.51. The van der Waals surface area contributed by atoms with E-state index in [9.17, 15) is 19.2 Å². The SMILES string of the molecule is COC(=O)NC(C(=O)NC(C)c1ncc(C23CCC(c4ccc(-c5cnc(C6CCCN6C(=O)C(NC(=O)OC)C(C)C)[nH]5)cc4)(CC2)CC3)[nH]1)C(C)C. The Labute approximate surface area is 317 Å². The van der Waals surface area contributed by atoms with Crippen LogP contribution in [0.1, 0.15) is 121 Å². The topological polar surface area (TPSA) is 183 Å². The van der Waals surface area contributed by atoms with Gasteiger partial charge >= 0.3 is 12.2 Å². The second kappa shape index (κ2) is 15.8. The third-order valence-corrected chi connectivity index (χ3v) is 12.2. The van der Waals surface area contributed by atoms with Crippen LogP contribution in [0.4, 0.5) is 9.59 Å². The van der Waals surface area contributed by atoms with E-state index in [0.717, 1.165) is 74.1 Å². The van der Waals surface area contributed by atoms with E-state index in [-0.39, 0.29) is 46.6 Å². The van der Waals surface area contributed by atoms with Gasteiger partial charge in [0.05, 0.1) is 38.2 Å². The third kappa shape index (κ3) is 7.70. The number of H-pyrrole nitrogens is 2. The van der Waals surface area contributed by atoms with Gasteiger partial charge in [0.2, 0.25) is 11.8 Å². The molecular weight excluding hydrogens is 688 g/mol. The average molecular weight is 745 g/mol. The van der Waals surface area contributed by atoms with Gasteiger partial charge in [0.15, 0.2) is 0 Å². The monoisotopic (exact) mass is 744 g/mol. The Morgan fingerprint density at radius 1 is 0.778 bits per heavy atom. The molecule has 3 saturated carbocycles. The minimum Gasteiger partial charge on any atom is -0.453 e. The zero-order chi connectivity index (χ0) is 38.8. The Kier molecular flexibility index (Phi) is 11.4. The number of hydrogen-bond acceptors (Lipinski definition) is 8. The lowest BCUT2D eigenvalue weighted by atomic mass is 9.51. The van der Waals surface area contributed by atoms with Crippen molar-refractivity contribution in [3.8, 4) is 11.3 Å². The molecule has 0 spiro atoms. The van der Waals surface area contributed by atoms with Crippen LogP contribution in [0, 0.1) is 11.8 Å². The van der Waals surface area contributed by atoms with E-state index in [1.165, 1.54) is 19.8 Å². The van der Waals surface area contributed by atoms with Gasteiger partial charge in [-0.05, 0) is 86.7 Å². The standard InChI is InChI=1S/C40H56N8O6/c1-23(2)31(46-37(51)53-6)35(49)43-25(5)33-42-22-30(45-33)40-17-14-39(15-18-40,16-19-40)27-12-10-26(11-13-27)28-21-41-34(44-28)29-9-8-20-48(29)36(50)32(24(3)4)47-38(52)54-7/h10-13,21-25,29,31-32H,8-9,14-20H2,1-7H3,(H,41,44)(H,42,45)(H,43,49)(H,46,51)(H,47,52). The number of imidazole rings is 2. The van der Waals surface area contributed by atoms with Gasteiger partial charge in [-0.1, -0.05) is 52.0 Å². The van der Waals surface area contributed by atoms with Crippen molar-refractivity contribution >= 4 is 24.0 Å². The quantitative estimate of drug-likeness (QED) is 0.151. The molecule has 54 heavy (non-hydrogen) atoms. The molecule has 7 rings (SSSR count). The maximum absolute atomic E-state index is 13.6. The van der Waals surface area contributed by atoms with E-state index in [1.807, 2.05) is 51.9 Å². The first-order valence-corrected chi connectivity index (χ1v) is 19.3. The average Bonchev–Trinajstić information content (AvgIpc) is 3.98. The second-order valence-electron chi connectivity index (χ2n) is 16.1. The summed E-state index contributed by atoms with van der Waals surface area (Å²) in [5, 5.41) is 8.33. The summed E-state index contributed by atoms with van der Waals surface area (Å²) in [6.45, 7) is 10.1. The van der Waals surface area contributed by atoms with E-state index < -0.39 is 24.3 Å². The van der Waals surface area contributed by atoms with Crippen LogP contribution in [-0.4, -0.2) is 81.7 Å². The molecule has 292 valence electrons. The second-order valence-corrected chi connectivity index (χ2v) is 16.1. The summed E-state index contributed by atoms with van der Waals surface area (Å²) in [5.41, 5.74) is 4.63. The van der Waals surface area contributed by atoms with Crippen LogP contribution in [0.5, 0.6) is 0 Å². The number of fused-ring (bicyclic) bond motifs is 3. The highest BCUT2D eigenvalue weighted by Crippen LogP contribution is 2.58. The fourth-order valence-electron chi connectivity index (χ4n) is 8.79. The van der Waals surface area contributed by atoms with Crippen LogP contribution < -0.4 is 16.0 Å². The molecule has 4 fully saturated rings. The Balaban J connectivity index is 1.08. The number of amides is 4. The molecule has 3 heterocycles. The highest BCUT2D eigenvalue weighted by atomic mass is 16.5. The van der Waals surface area contributed by atoms with Crippen molar-refractivity contribution in [1.82, 2.24) is 40.8 Å². The molecular formula is C40H56N8O6. The molecule has 2 aromatic heterocycles. The van der Waals surface area contributed by atoms with E-state index in [4.69, 9.17) is 14.5 Å². The van der Waals surface area contributed by atoms with Gasteiger partial charge in [0, 0.05) is 23.9 Å². The Morgan fingerprint density at radius 2 is 1.37 bits per heavy atom. The number of benzene rings is 1. The van der Waals surface area contributed by atoms with Crippen LogP contribution in [0.15, 0.2) is 36.7 Å². The molecule has 4 atom stereocenters. The van der Waals surface area contributed by atoms with Crippen molar-refractivity contribution in [1.29, 1.82) is 0 Å². The number of likely N-dealkylation sites (tertiary alicyclic amines) is 1. The summed E-state index contributed by atoms with van der Waals surface area (Å²) in [6.07, 6.45) is 10.6. The molecule has 4 unspecified atom stereocenters. The van der Waals surface area contributed by atoms with Gasteiger partial charge in [0.25, 0.3) is 0 Å². The van der Waals surface area contributed by atoms with Gasteiger partial charge in [0.1, 0.15) is 23.7 Å². The molecule has 3 aliphatic carbocycles. The van der Waals surface area contributed by atoms with E-state index in [2.05, 4.69) is 55.2 Å². The zero-order valence-electron chi connectivity index (χ0n) is 32.6. The van der Waals surface area contributed by atoms with E-state index in [0.29, 0.717) is 12.4 Å². The number of rotatable bonds is 12. The predicted molar refractivity (Wildman–Crippen MR) is 202 cm³/mol. The Hall–Kier alpha value is -4.88. The third-order valence-electron chi connectivity index (χ3n) is 12.2. The molecule has 5 N–H and O–H groups in total. The van der Waals surface area contributed by atoms with Crippen molar-refractivity contribution in [3.63, 3.8) is 0 Å². The van der Waals surface area contributed by atoms with Crippen molar-refractivity contribution in [3.05, 3.63) is 59.6 Å². The van der Waals surface area contributed by atoms with Gasteiger partial charge in [-0.3, -0.25) is 9.59 Å². The lowest BCUT2D eigenvalue weighted by Crippen LogP contribution is -2.51. The largest absolute Gasteiger partial charge is 0.453 e. The van der Waals surface area contributed by atoms with Crippen molar-refractivity contribution < 1.29 is 28.7 Å². The number of methoxy groups -OCH3 is 2. The summed E-state index contributed by atoms with van der Waals surface area (Å²) in [7, 11) is 2.58. The molecule has 4 amide bonds. The normalized spacial score (nSPS) is 23.9. The van der Waals surface area contributed by atoms with Crippen LogP contribution in [0.25, 0.3) is 11.3 Å². The van der Waals surface area contributed by atoms with Crippen LogP contribution in [0.2, 0.25) is 0 Å². The van der Waals surface area contributed by atoms with Crippen LogP contribution >= 0.6 is 0 Å². The fourth-order valence-corrected chi connectivity index (χ4v) is 8.79. The first-order valence-electron chi connectivity index (χ1n) is 19.3. The highest BCUT2D eigenvalue weighted by molar-refractivity contribution is 5.87. The van der Waals surface area contributed by atoms with Gasteiger partial charge in [-0.2, -0.15) is 0 Å². The molecule has 1 aromatic carbocycles. The number of aromatic amines is 2.